The highest BCUT2D eigenvalue weighted by Crippen LogP contribution is 2.52. The zero-order valence-corrected chi connectivity index (χ0v) is 19.2. The van der Waals surface area contributed by atoms with Crippen LogP contribution in [0.25, 0.3) is 0 Å². The second kappa shape index (κ2) is 8.15. The van der Waals surface area contributed by atoms with Gasteiger partial charge in [-0.05, 0) is 62.3 Å². The third-order valence-electron chi connectivity index (χ3n) is 7.69. The molecule has 1 amide bonds. The third-order valence-corrected chi connectivity index (χ3v) is 7.69. The molecule has 1 aromatic carbocycles. The number of amides is 1. The van der Waals surface area contributed by atoms with E-state index in [9.17, 15) is 4.79 Å². The summed E-state index contributed by atoms with van der Waals surface area (Å²) in [7, 11) is 5.41. The Labute approximate surface area is 188 Å². The van der Waals surface area contributed by atoms with Crippen molar-refractivity contribution in [1.29, 1.82) is 0 Å². The van der Waals surface area contributed by atoms with Crippen molar-refractivity contribution >= 4 is 5.91 Å². The highest BCUT2D eigenvalue weighted by molar-refractivity contribution is 5.91. The maximum Gasteiger partial charge on any atom is 0.242 e. The number of aromatic nitrogens is 2. The van der Waals surface area contributed by atoms with Crippen molar-refractivity contribution in [3.05, 3.63) is 41.6 Å². The second-order valence-electron chi connectivity index (χ2n) is 9.70. The van der Waals surface area contributed by atoms with Crippen LogP contribution in [-0.2, 0) is 21.6 Å². The number of piperidine rings is 1. The van der Waals surface area contributed by atoms with Crippen molar-refractivity contribution in [1.82, 2.24) is 20.0 Å². The summed E-state index contributed by atoms with van der Waals surface area (Å²) < 4.78 is 16.2. The number of carbonyl (C=O) groups excluding carboxylic acids is 1. The van der Waals surface area contributed by atoms with Gasteiger partial charge in [-0.2, -0.15) is 0 Å². The Kier molecular flexibility index (Phi) is 5.45. The number of ether oxygens (including phenoxy) is 2. The van der Waals surface area contributed by atoms with Gasteiger partial charge in [-0.3, -0.25) is 9.69 Å². The Morgan fingerprint density at radius 1 is 1.12 bits per heavy atom. The largest absolute Gasteiger partial charge is 0.497 e. The van der Waals surface area contributed by atoms with Crippen LogP contribution in [0, 0.1) is 5.41 Å². The van der Waals surface area contributed by atoms with Crippen LogP contribution < -0.4 is 4.74 Å². The predicted octanol–water partition coefficient (Wildman–Crippen LogP) is 2.94. The molecule has 1 aromatic heterocycles. The smallest absolute Gasteiger partial charge is 0.242 e. The van der Waals surface area contributed by atoms with Gasteiger partial charge in [0, 0.05) is 26.7 Å². The first-order chi connectivity index (χ1) is 15.5. The first-order valence-corrected chi connectivity index (χ1v) is 11.4. The molecule has 0 N–H and O–H groups in total. The fourth-order valence-corrected chi connectivity index (χ4v) is 5.64. The summed E-state index contributed by atoms with van der Waals surface area (Å²) in [5, 5.41) is 8.36. The first-order valence-electron chi connectivity index (χ1n) is 11.4. The summed E-state index contributed by atoms with van der Waals surface area (Å²) in [6.45, 7) is 2.96. The highest BCUT2D eigenvalue weighted by atomic mass is 16.5. The van der Waals surface area contributed by atoms with Crippen molar-refractivity contribution in [3.63, 3.8) is 0 Å². The number of rotatable bonds is 6. The molecule has 2 aliphatic heterocycles. The van der Waals surface area contributed by atoms with Crippen LogP contribution in [0.3, 0.4) is 0 Å². The van der Waals surface area contributed by atoms with Gasteiger partial charge in [0.1, 0.15) is 12.4 Å². The third kappa shape index (κ3) is 3.69. The van der Waals surface area contributed by atoms with Gasteiger partial charge in [0.15, 0.2) is 0 Å². The van der Waals surface area contributed by atoms with E-state index in [0.29, 0.717) is 24.3 Å². The van der Waals surface area contributed by atoms with Gasteiger partial charge in [0.25, 0.3) is 0 Å². The molecular weight excluding hydrogens is 408 g/mol. The molecule has 1 atom stereocenters. The standard InChI is InChI=1S/C24H32N4O4/c1-27-16-23(14-19(27)21-26-25-20(32-21)15-30-2)10-12-28(13-11-23)22(29)24(8-9-24)17-4-6-18(31-3)7-5-17/h4-7,19H,8-16H2,1-3H3. The van der Waals surface area contributed by atoms with Gasteiger partial charge in [0.2, 0.25) is 17.7 Å². The lowest BCUT2D eigenvalue weighted by Crippen LogP contribution is -2.47. The van der Waals surface area contributed by atoms with Gasteiger partial charge in [-0.15, -0.1) is 10.2 Å². The van der Waals surface area contributed by atoms with Crippen LogP contribution in [-0.4, -0.2) is 66.8 Å². The minimum atomic E-state index is -0.326. The van der Waals surface area contributed by atoms with E-state index < -0.39 is 0 Å². The molecule has 1 unspecified atom stereocenters. The van der Waals surface area contributed by atoms with Crippen LogP contribution in [0.15, 0.2) is 28.7 Å². The van der Waals surface area contributed by atoms with Crippen molar-refractivity contribution in [2.75, 3.05) is 40.9 Å². The molecule has 1 aliphatic carbocycles. The monoisotopic (exact) mass is 440 g/mol. The average Bonchev–Trinajstić information content (AvgIpc) is 3.39. The number of likely N-dealkylation sites (tertiary alicyclic amines) is 2. The molecule has 2 aromatic rings. The minimum absolute atomic E-state index is 0.129. The number of methoxy groups -OCH3 is 2. The number of nitrogens with zero attached hydrogens (tertiary/aromatic N) is 4. The topological polar surface area (TPSA) is 80.9 Å². The van der Waals surface area contributed by atoms with E-state index in [1.165, 1.54) is 0 Å². The number of carbonyl (C=O) groups is 1. The van der Waals surface area contributed by atoms with Crippen LogP contribution in [0.5, 0.6) is 5.75 Å². The lowest BCUT2D eigenvalue weighted by Gasteiger charge is -2.40. The SMILES string of the molecule is COCc1nnc(C2CC3(CCN(C(=O)C4(c5ccc(OC)cc5)CC4)CC3)CN2C)o1. The molecule has 3 heterocycles. The Morgan fingerprint density at radius 3 is 2.47 bits per heavy atom. The summed E-state index contributed by atoms with van der Waals surface area (Å²) in [5.74, 6) is 2.31. The molecule has 5 rings (SSSR count). The van der Waals surface area contributed by atoms with E-state index in [2.05, 4.69) is 27.0 Å². The lowest BCUT2D eigenvalue weighted by atomic mass is 9.76. The maximum absolute atomic E-state index is 13.5. The van der Waals surface area contributed by atoms with Crippen LogP contribution in [0.1, 0.15) is 55.5 Å². The quantitative estimate of drug-likeness (QED) is 0.683. The van der Waals surface area contributed by atoms with Gasteiger partial charge >= 0.3 is 0 Å². The van der Waals surface area contributed by atoms with E-state index in [4.69, 9.17) is 13.9 Å². The van der Waals surface area contributed by atoms with E-state index in [-0.39, 0.29) is 16.9 Å². The van der Waals surface area contributed by atoms with Gasteiger partial charge in [-0.25, -0.2) is 0 Å². The molecular formula is C24H32N4O4. The van der Waals surface area contributed by atoms with Crippen LogP contribution in [0.2, 0.25) is 0 Å². The lowest BCUT2D eigenvalue weighted by molar-refractivity contribution is -0.136. The van der Waals surface area contributed by atoms with Crippen molar-refractivity contribution in [3.8, 4) is 5.75 Å². The summed E-state index contributed by atoms with van der Waals surface area (Å²) in [5.41, 5.74) is 0.989. The number of benzene rings is 1. The Hall–Kier alpha value is -2.45. The van der Waals surface area contributed by atoms with Crippen LogP contribution >= 0.6 is 0 Å². The first kappa shape index (κ1) is 21.4. The zero-order valence-electron chi connectivity index (χ0n) is 19.2. The molecule has 0 bridgehead atoms. The van der Waals surface area contributed by atoms with E-state index >= 15 is 0 Å². The molecule has 8 heteroatoms. The minimum Gasteiger partial charge on any atom is -0.497 e. The second-order valence-corrected chi connectivity index (χ2v) is 9.70. The normalized spacial score (nSPS) is 24.1. The predicted molar refractivity (Wildman–Crippen MR) is 117 cm³/mol. The Morgan fingerprint density at radius 2 is 1.84 bits per heavy atom. The molecule has 8 nitrogen and oxygen atoms in total. The molecule has 2 saturated heterocycles. The van der Waals surface area contributed by atoms with E-state index in [0.717, 1.165) is 63.1 Å². The average molecular weight is 441 g/mol. The number of hydrogen-bond donors (Lipinski definition) is 0. The maximum atomic E-state index is 13.5. The summed E-state index contributed by atoms with van der Waals surface area (Å²) in [6.07, 6.45) is 4.88. The molecule has 0 radical (unpaired) electrons. The van der Waals surface area contributed by atoms with Crippen molar-refractivity contribution < 1.29 is 18.7 Å². The Balaban J connectivity index is 1.23. The molecule has 3 aliphatic rings. The van der Waals surface area contributed by atoms with E-state index in [1.54, 1.807) is 14.2 Å². The van der Waals surface area contributed by atoms with E-state index in [1.807, 2.05) is 24.3 Å². The molecule has 3 fully saturated rings. The fourth-order valence-electron chi connectivity index (χ4n) is 5.64. The van der Waals surface area contributed by atoms with Crippen LogP contribution in [0.4, 0.5) is 0 Å². The fraction of sp³-hybridized carbons (Fsp3) is 0.625. The van der Waals surface area contributed by atoms with Crippen molar-refractivity contribution in [2.45, 2.75) is 50.2 Å². The zero-order chi connectivity index (χ0) is 22.3. The van der Waals surface area contributed by atoms with Gasteiger partial charge in [-0.1, -0.05) is 12.1 Å². The molecule has 1 spiro atoms. The summed E-state index contributed by atoms with van der Waals surface area (Å²) in [4.78, 5) is 17.9. The summed E-state index contributed by atoms with van der Waals surface area (Å²) >= 11 is 0. The van der Waals surface area contributed by atoms with Gasteiger partial charge in [0.05, 0.1) is 18.6 Å². The molecule has 1 saturated carbocycles. The molecule has 32 heavy (non-hydrogen) atoms. The number of hydrogen-bond acceptors (Lipinski definition) is 7. The summed E-state index contributed by atoms with van der Waals surface area (Å²) in [6, 6.07) is 8.14. The molecule has 172 valence electrons. The Bertz CT molecular complexity index is 961. The highest BCUT2D eigenvalue weighted by Gasteiger charge is 2.54. The van der Waals surface area contributed by atoms with Gasteiger partial charge < -0.3 is 18.8 Å². The van der Waals surface area contributed by atoms with Crippen molar-refractivity contribution in [2.24, 2.45) is 5.41 Å².